The summed E-state index contributed by atoms with van der Waals surface area (Å²) in [6.07, 6.45) is 8.96. The van der Waals surface area contributed by atoms with Gasteiger partial charge in [-0.15, -0.1) is 0 Å². The molecule has 0 unspecified atom stereocenters. The molecule has 0 atom stereocenters. The van der Waals surface area contributed by atoms with Crippen molar-refractivity contribution >= 4 is 29.3 Å². The molecular formula is C17H33OPSi2. The third-order valence-electron chi connectivity index (χ3n) is 5.33. The van der Waals surface area contributed by atoms with Crippen LogP contribution in [0.2, 0.25) is 39.3 Å². The van der Waals surface area contributed by atoms with E-state index in [1.165, 1.54) is 38.5 Å². The van der Waals surface area contributed by atoms with Gasteiger partial charge in [0, 0.05) is 5.41 Å². The molecular weight excluding hydrogens is 307 g/mol. The smallest absolute Gasteiger partial charge is 0.191 e. The lowest BCUT2D eigenvalue weighted by Gasteiger charge is -2.57. The summed E-state index contributed by atoms with van der Waals surface area (Å²) in [7, 11) is -1.03. The Labute approximate surface area is 135 Å². The summed E-state index contributed by atoms with van der Waals surface area (Å²) in [4.78, 5) is 0. The minimum absolute atomic E-state index is 0.483. The molecule has 0 saturated heterocycles. The van der Waals surface area contributed by atoms with Crippen LogP contribution in [0, 0.1) is 23.2 Å². The Morgan fingerprint density at radius 1 is 0.857 bits per heavy atom. The molecule has 4 aliphatic carbocycles. The second kappa shape index (κ2) is 5.29. The molecule has 21 heavy (non-hydrogen) atoms. The fourth-order valence-corrected chi connectivity index (χ4v) is 11.1. The highest BCUT2D eigenvalue weighted by Crippen LogP contribution is 2.61. The Kier molecular flexibility index (Phi) is 4.14. The molecule has 1 nitrogen and oxygen atoms in total. The first kappa shape index (κ1) is 16.4. The quantitative estimate of drug-likeness (QED) is 0.453. The molecule has 0 N–H and O–H groups in total. The van der Waals surface area contributed by atoms with Gasteiger partial charge in [0.1, 0.15) is 7.74 Å². The molecule has 0 heterocycles. The van der Waals surface area contributed by atoms with Crippen LogP contribution in [0.5, 0.6) is 0 Å². The van der Waals surface area contributed by atoms with Crippen LogP contribution < -0.4 is 0 Å². The van der Waals surface area contributed by atoms with E-state index >= 15 is 0 Å². The molecule has 4 fully saturated rings. The zero-order valence-electron chi connectivity index (χ0n) is 14.8. The predicted molar refractivity (Wildman–Crippen MR) is 100 cm³/mol. The van der Waals surface area contributed by atoms with Crippen LogP contribution in [0.3, 0.4) is 0 Å². The summed E-state index contributed by atoms with van der Waals surface area (Å²) in [6.45, 7) is 14.6. The minimum Gasteiger partial charge on any atom is -0.385 e. The molecule has 0 aliphatic heterocycles. The zero-order valence-corrected chi connectivity index (χ0v) is 17.7. The van der Waals surface area contributed by atoms with E-state index in [0.717, 1.165) is 17.8 Å². The Bertz CT molecular complexity index is 409. The van der Waals surface area contributed by atoms with Crippen LogP contribution >= 0.6 is 7.75 Å². The van der Waals surface area contributed by atoms with Gasteiger partial charge in [0.2, 0.25) is 0 Å². The summed E-state index contributed by atoms with van der Waals surface area (Å²) >= 11 is 0. The number of hydrogen-bond acceptors (Lipinski definition) is 1. The van der Waals surface area contributed by atoms with E-state index in [2.05, 4.69) is 39.3 Å². The lowest BCUT2D eigenvalue weighted by atomic mass is 9.50. The van der Waals surface area contributed by atoms with E-state index in [-0.39, 0.29) is 0 Å². The van der Waals surface area contributed by atoms with E-state index in [0.29, 0.717) is 5.41 Å². The third kappa shape index (κ3) is 3.73. The molecule has 4 saturated carbocycles. The lowest BCUT2D eigenvalue weighted by Crippen LogP contribution is -2.52. The maximum Gasteiger partial charge on any atom is 0.191 e. The van der Waals surface area contributed by atoms with Crippen molar-refractivity contribution in [1.82, 2.24) is 0 Å². The first-order valence-corrected chi connectivity index (χ1v) is 17.5. The van der Waals surface area contributed by atoms with Crippen LogP contribution in [-0.4, -0.2) is 21.5 Å². The van der Waals surface area contributed by atoms with Gasteiger partial charge in [-0.2, -0.15) is 0 Å². The van der Waals surface area contributed by atoms with E-state index in [4.69, 9.17) is 4.43 Å². The van der Waals surface area contributed by atoms with Gasteiger partial charge < -0.3 is 4.43 Å². The van der Waals surface area contributed by atoms with Gasteiger partial charge in [0.25, 0.3) is 0 Å². The second-order valence-corrected chi connectivity index (χ2v) is 24.1. The van der Waals surface area contributed by atoms with E-state index < -0.39 is 16.1 Å². The number of rotatable bonds is 4. The summed E-state index contributed by atoms with van der Waals surface area (Å²) in [6, 6.07) is 0. The van der Waals surface area contributed by atoms with Crippen molar-refractivity contribution in [3.63, 3.8) is 0 Å². The first-order valence-electron chi connectivity index (χ1n) is 8.84. The molecule has 4 bridgehead atoms. The Hall–Kier alpha value is 0.564. The second-order valence-electron chi connectivity index (χ2n) is 10.0. The van der Waals surface area contributed by atoms with Crippen molar-refractivity contribution in [1.29, 1.82) is 0 Å². The fourth-order valence-electron chi connectivity index (χ4n) is 5.22. The van der Waals surface area contributed by atoms with Gasteiger partial charge >= 0.3 is 0 Å². The lowest BCUT2D eigenvalue weighted by molar-refractivity contribution is -0.0180. The van der Waals surface area contributed by atoms with Crippen molar-refractivity contribution in [2.45, 2.75) is 77.8 Å². The highest BCUT2D eigenvalue weighted by Gasteiger charge is 2.53. The predicted octanol–water partition coefficient (Wildman–Crippen LogP) is 5.97. The Morgan fingerprint density at radius 2 is 1.29 bits per heavy atom. The van der Waals surface area contributed by atoms with Gasteiger partial charge in [-0.1, -0.05) is 27.4 Å². The number of hydrogen-bond donors (Lipinski definition) is 0. The highest BCUT2D eigenvalue weighted by molar-refractivity contribution is 7.81. The summed E-state index contributed by atoms with van der Waals surface area (Å²) in [5.74, 6) is 3.06. The molecule has 4 rings (SSSR count). The van der Waals surface area contributed by atoms with Gasteiger partial charge in [-0.3, -0.25) is 0 Å². The molecule has 0 spiro atoms. The SMILES string of the molecule is C[Si](C)(C)OC(=P[Si](C)(C)C)C12CC3CC(CC(C3)C1)C2. The molecule has 0 radical (unpaired) electrons. The van der Waals surface area contributed by atoms with Crippen LogP contribution in [0.4, 0.5) is 0 Å². The van der Waals surface area contributed by atoms with E-state index in [1.807, 2.05) is 0 Å². The van der Waals surface area contributed by atoms with E-state index in [9.17, 15) is 0 Å². The maximum atomic E-state index is 6.78. The molecule has 0 aromatic rings. The average Bonchev–Trinajstić information content (AvgIpc) is 2.21. The monoisotopic (exact) mass is 340 g/mol. The molecule has 0 amide bonds. The normalized spacial score (nSPS) is 39.9. The average molecular weight is 341 g/mol. The molecule has 0 aromatic carbocycles. The summed E-state index contributed by atoms with van der Waals surface area (Å²) < 4.78 is 6.78. The van der Waals surface area contributed by atoms with E-state index in [1.54, 1.807) is 13.2 Å². The van der Waals surface area contributed by atoms with Crippen molar-refractivity contribution in [3.05, 3.63) is 0 Å². The third-order valence-corrected chi connectivity index (χ3v) is 10.4. The Balaban J connectivity index is 1.94. The zero-order chi connectivity index (χ0) is 15.5. The summed E-state index contributed by atoms with van der Waals surface area (Å²) in [5.41, 5.74) is 2.04. The molecule has 4 aliphatic rings. The van der Waals surface area contributed by atoms with Crippen LogP contribution in [0.1, 0.15) is 38.5 Å². The fraction of sp³-hybridized carbons (Fsp3) is 0.941. The minimum atomic E-state index is -1.49. The van der Waals surface area contributed by atoms with Gasteiger partial charge in [-0.05, 0) is 75.9 Å². The van der Waals surface area contributed by atoms with Crippen LogP contribution in [0.25, 0.3) is 0 Å². The molecule has 0 aromatic heterocycles. The maximum absolute atomic E-state index is 6.78. The van der Waals surface area contributed by atoms with Gasteiger partial charge in [0.05, 0.1) is 5.48 Å². The molecule has 4 heteroatoms. The van der Waals surface area contributed by atoms with Gasteiger partial charge in [-0.25, -0.2) is 0 Å². The van der Waals surface area contributed by atoms with Crippen LogP contribution in [0.15, 0.2) is 0 Å². The van der Waals surface area contributed by atoms with Crippen molar-refractivity contribution in [3.8, 4) is 0 Å². The summed E-state index contributed by atoms with van der Waals surface area (Å²) in [5, 5.41) is 0. The van der Waals surface area contributed by atoms with Crippen LogP contribution in [-0.2, 0) is 4.43 Å². The van der Waals surface area contributed by atoms with Crippen molar-refractivity contribution in [2.75, 3.05) is 0 Å². The first-order chi connectivity index (χ1) is 9.55. The highest BCUT2D eigenvalue weighted by atomic mass is 31.3. The Morgan fingerprint density at radius 3 is 1.62 bits per heavy atom. The topological polar surface area (TPSA) is 9.23 Å². The van der Waals surface area contributed by atoms with Gasteiger partial charge in [0.15, 0.2) is 8.32 Å². The largest absolute Gasteiger partial charge is 0.385 e. The van der Waals surface area contributed by atoms with Crippen molar-refractivity contribution in [2.24, 2.45) is 23.2 Å². The standard InChI is InChI=1S/C17H33OPSi2/c1-20(2,3)18-16(19-21(4,5)6)17-10-13-7-14(11-17)9-15(8-13)12-17/h13-15H,7-12H2,1-6H3. The molecule has 120 valence electrons. The van der Waals surface area contributed by atoms with Crippen molar-refractivity contribution < 1.29 is 4.43 Å².